The van der Waals surface area contributed by atoms with Gasteiger partial charge in [0.15, 0.2) is 0 Å². The van der Waals surface area contributed by atoms with Crippen molar-refractivity contribution < 1.29 is 19.1 Å². The first-order chi connectivity index (χ1) is 15.5. The van der Waals surface area contributed by atoms with Crippen molar-refractivity contribution in [1.82, 2.24) is 0 Å². The molecule has 172 valence electrons. The molecule has 3 rings (SSSR count). The molecule has 0 aliphatic heterocycles. The van der Waals surface area contributed by atoms with Crippen LogP contribution in [0.15, 0.2) is 60.7 Å². The summed E-state index contributed by atoms with van der Waals surface area (Å²) in [6.07, 6.45) is 4.73. The minimum atomic E-state index is -0.645. The molecule has 0 bridgehead atoms. The van der Waals surface area contributed by atoms with Crippen LogP contribution in [-0.4, -0.2) is 37.2 Å². The minimum Gasteiger partial charge on any atom is -0.464 e. The maximum absolute atomic E-state index is 12.2. The van der Waals surface area contributed by atoms with Crippen LogP contribution in [0.5, 0.6) is 0 Å². The average Bonchev–Trinajstić information content (AvgIpc) is 2.82. The second-order valence-electron chi connectivity index (χ2n) is 8.74. The molecule has 0 amide bonds. The van der Waals surface area contributed by atoms with Crippen molar-refractivity contribution in [3.8, 4) is 0 Å². The molecular formula is C26H34N2O4. The first kappa shape index (κ1) is 24.0. The normalized spacial score (nSPS) is 20.2. The van der Waals surface area contributed by atoms with E-state index in [0.717, 1.165) is 36.8 Å². The standard InChI is InChI=1S/C26H34N2O4/c27-23(15-19-7-3-1-4-8-19)25(29)31-17-21-11-13-22(14-12-21)18-32-26(30)24(28)16-20-9-5-2-6-10-20/h1-10,21-24H,11-18,27-28H2/t21?,22?,23-,24-/m0/s1. The molecule has 2 aromatic carbocycles. The van der Waals surface area contributed by atoms with Crippen molar-refractivity contribution in [2.75, 3.05) is 13.2 Å². The second kappa shape index (κ2) is 12.4. The molecule has 0 heterocycles. The predicted molar refractivity (Wildman–Crippen MR) is 124 cm³/mol. The number of ether oxygens (including phenoxy) is 2. The van der Waals surface area contributed by atoms with Crippen LogP contribution in [0.2, 0.25) is 0 Å². The molecule has 4 N–H and O–H groups in total. The van der Waals surface area contributed by atoms with Crippen molar-refractivity contribution >= 4 is 11.9 Å². The topological polar surface area (TPSA) is 105 Å². The third-order valence-electron chi connectivity index (χ3n) is 6.09. The molecule has 0 unspecified atom stereocenters. The number of carbonyl (C=O) groups is 2. The highest BCUT2D eigenvalue weighted by Crippen LogP contribution is 2.29. The Hall–Kier alpha value is -2.70. The van der Waals surface area contributed by atoms with Crippen LogP contribution in [0.3, 0.4) is 0 Å². The van der Waals surface area contributed by atoms with E-state index in [1.165, 1.54) is 0 Å². The third kappa shape index (κ3) is 7.77. The smallest absolute Gasteiger partial charge is 0.323 e. The number of nitrogens with two attached hydrogens (primary N) is 2. The molecule has 6 nitrogen and oxygen atoms in total. The van der Waals surface area contributed by atoms with Gasteiger partial charge in [0.25, 0.3) is 0 Å². The molecular weight excluding hydrogens is 404 g/mol. The van der Waals surface area contributed by atoms with E-state index < -0.39 is 12.1 Å². The quantitative estimate of drug-likeness (QED) is 0.553. The van der Waals surface area contributed by atoms with Gasteiger partial charge in [-0.15, -0.1) is 0 Å². The van der Waals surface area contributed by atoms with Crippen LogP contribution in [0, 0.1) is 11.8 Å². The number of carbonyl (C=O) groups excluding carboxylic acids is 2. The monoisotopic (exact) mass is 438 g/mol. The Bertz CT molecular complexity index is 764. The summed E-state index contributed by atoms with van der Waals surface area (Å²) in [6, 6.07) is 18.1. The van der Waals surface area contributed by atoms with Crippen molar-refractivity contribution in [3.63, 3.8) is 0 Å². The third-order valence-corrected chi connectivity index (χ3v) is 6.09. The van der Waals surface area contributed by atoms with E-state index in [1.807, 2.05) is 60.7 Å². The van der Waals surface area contributed by atoms with E-state index in [1.54, 1.807) is 0 Å². The summed E-state index contributed by atoms with van der Waals surface area (Å²) in [5.41, 5.74) is 14.0. The van der Waals surface area contributed by atoms with Crippen LogP contribution in [0.4, 0.5) is 0 Å². The summed E-state index contributed by atoms with van der Waals surface area (Å²) in [5, 5.41) is 0. The molecule has 0 saturated heterocycles. The minimum absolute atomic E-state index is 0.329. The molecule has 0 aromatic heterocycles. The van der Waals surface area contributed by atoms with Gasteiger partial charge in [0.1, 0.15) is 12.1 Å². The van der Waals surface area contributed by atoms with Crippen LogP contribution < -0.4 is 11.5 Å². The molecule has 0 spiro atoms. The lowest BCUT2D eigenvalue weighted by molar-refractivity contribution is -0.149. The number of hydrogen-bond donors (Lipinski definition) is 2. The lowest BCUT2D eigenvalue weighted by atomic mass is 9.83. The van der Waals surface area contributed by atoms with Gasteiger partial charge in [-0.05, 0) is 61.5 Å². The van der Waals surface area contributed by atoms with Crippen LogP contribution in [-0.2, 0) is 31.9 Å². The van der Waals surface area contributed by atoms with Gasteiger partial charge in [-0.3, -0.25) is 9.59 Å². The predicted octanol–water partition coefficient (Wildman–Crippen LogP) is 3.02. The average molecular weight is 439 g/mol. The van der Waals surface area contributed by atoms with E-state index in [0.29, 0.717) is 37.9 Å². The van der Waals surface area contributed by atoms with Gasteiger partial charge in [0.2, 0.25) is 0 Å². The van der Waals surface area contributed by atoms with Crippen molar-refractivity contribution in [1.29, 1.82) is 0 Å². The molecule has 32 heavy (non-hydrogen) atoms. The van der Waals surface area contributed by atoms with E-state index >= 15 is 0 Å². The van der Waals surface area contributed by atoms with Crippen LogP contribution in [0.1, 0.15) is 36.8 Å². The Morgan fingerprint density at radius 1 is 0.688 bits per heavy atom. The van der Waals surface area contributed by atoms with Crippen molar-refractivity contribution in [2.45, 2.75) is 50.6 Å². The van der Waals surface area contributed by atoms with Crippen molar-refractivity contribution in [3.05, 3.63) is 71.8 Å². The molecule has 2 atom stereocenters. The van der Waals surface area contributed by atoms with Crippen LogP contribution in [0.25, 0.3) is 0 Å². The summed E-state index contributed by atoms with van der Waals surface area (Å²) in [4.78, 5) is 24.4. The highest BCUT2D eigenvalue weighted by Gasteiger charge is 2.25. The lowest BCUT2D eigenvalue weighted by Crippen LogP contribution is -2.36. The van der Waals surface area contributed by atoms with Crippen LogP contribution >= 0.6 is 0 Å². The number of rotatable bonds is 10. The molecule has 1 fully saturated rings. The molecule has 1 saturated carbocycles. The zero-order valence-corrected chi connectivity index (χ0v) is 18.5. The summed E-state index contributed by atoms with van der Waals surface area (Å²) in [5.74, 6) is -0.0417. The van der Waals surface area contributed by atoms with E-state index in [2.05, 4.69) is 0 Å². The Balaban J connectivity index is 1.30. The highest BCUT2D eigenvalue weighted by molar-refractivity contribution is 5.76. The zero-order chi connectivity index (χ0) is 22.8. The Kier molecular flexibility index (Phi) is 9.26. The summed E-state index contributed by atoms with van der Waals surface area (Å²) < 4.78 is 10.9. The van der Waals surface area contributed by atoms with Gasteiger partial charge < -0.3 is 20.9 Å². The van der Waals surface area contributed by atoms with Gasteiger partial charge in [-0.1, -0.05) is 60.7 Å². The summed E-state index contributed by atoms with van der Waals surface area (Å²) in [7, 11) is 0. The van der Waals surface area contributed by atoms with E-state index in [9.17, 15) is 9.59 Å². The first-order valence-corrected chi connectivity index (χ1v) is 11.4. The summed E-state index contributed by atoms with van der Waals surface area (Å²) in [6.45, 7) is 0.797. The fourth-order valence-electron chi connectivity index (χ4n) is 4.08. The van der Waals surface area contributed by atoms with E-state index in [4.69, 9.17) is 20.9 Å². The molecule has 0 radical (unpaired) electrons. The van der Waals surface area contributed by atoms with Gasteiger partial charge in [-0.25, -0.2) is 0 Å². The fraction of sp³-hybridized carbons (Fsp3) is 0.462. The van der Waals surface area contributed by atoms with Gasteiger partial charge >= 0.3 is 11.9 Å². The molecule has 6 heteroatoms. The number of esters is 2. The highest BCUT2D eigenvalue weighted by atomic mass is 16.5. The van der Waals surface area contributed by atoms with Gasteiger partial charge in [-0.2, -0.15) is 0 Å². The largest absolute Gasteiger partial charge is 0.464 e. The molecule has 1 aliphatic carbocycles. The van der Waals surface area contributed by atoms with Crippen molar-refractivity contribution in [2.24, 2.45) is 23.3 Å². The maximum atomic E-state index is 12.2. The first-order valence-electron chi connectivity index (χ1n) is 11.4. The molecule has 1 aliphatic rings. The summed E-state index contributed by atoms with van der Waals surface area (Å²) >= 11 is 0. The SMILES string of the molecule is N[C@@H](Cc1ccccc1)C(=O)OCC1CCC(COC(=O)[C@@H](N)Cc2ccccc2)CC1. The molecule has 2 aromatic rings. The second-order valence-corrected chi connectivity index (χ2v) is 8.74. The number of hydrogen-bond acceptors (Lipinski definition) is 6. The fourth-order valence-corrected chi connectivity index (χ4v) is 4.08. The van der Waals surface area contributed by atoms with Gasteiger partial charge in [0.05, 0.1) is 13.2 Å². The Morgan fingerprint density at radius 2 is 1.03 bits per heavy atom. The Morgan fingerprint density at radius 3 is 1.38 bits per heavy atom. The zero-order valence-electron chi connectivity index (χ0n) is 18.5. The Labute approximate surface area is 190 Å². The maximum Gasteiger partial charge on any atom is 0.323 e. The number of benzene rings is 2. The lowest BCUT2D eigenvalue weighted by Gasteiger charge is -2.28. The van der Waals surface area contributed by atoms with E-state index in [-0.39, 0.29) is 11.9 Å². The van der Waals surface area contributed by atoms with Gasteiger partial charge in [0, 0.05) is 0 Å².